The number of anilines is 1. The third-order valence-corrected chi connectivity index (χ3v) is 1.83. The predicted molar refractivity (Wildman–Crippen MR) is 61.1 cm³/mol. The first-order chi connectivity index (χ1) is 7.63. The topological polar surface area (TPSA) is 78.9 Å². The molecule has 0 unspecified atom stereocenters. The highest BCUT2D eigenvalue weighted by molar-refractivity contribution is 5.73. The van der Waals surface area contributed by atoms with Crippen LogP contribution in [0.5, 0.6) is 0 Å². The van der Waals surface area contributed by atoms with Gasteiger partial charge in [0.15, 0.2) is 0 Å². The minimum Gasteiger partial charge on any atom is -0.398 e. The predicted octanol–water partition coefficient (Wildman–Crippen LogP) is 0.628. The first-order valence-electron chi connectivity index (χ1n) is 4.66. The molecule has 80 valence electrons. The smallest absolute Gasteiger partial charge is 0.217 e. The van der Waals surface area contributed by atoms with Crippen molar-refractivity contribution in [2.45, 2.75) is 6.92 Å². The number of benzene rings is 1. The number of nitrogens with two attached hydrogens (primary N) is 1. The summed E-state index contributed by atoms with van der Waals surface area (Å²) < 4.78 is 0. The van der Waals surface area contributed by atoms with Gasteiger partial charge >= 0.3 is 0 Å². The Kier molecular flexibility index (Phi) is 3.94. The van der Waals surface area contributed by atoms with Crippen LogP contribution in [0, 0.1) is 23.2 Å². The second-order valence-electron chi connectivity index (χ2n) is 3.13. The monoisotopic (exact) mass is 213 g/mol. The second kappa shape index (κ2) is 5.43. The van der Waals surface area contributed by atoms with E-state index in [4.69, 9.17) is 11.0 Å². The Hall–Kier alpha value is -2.46. The molecular formula is C12H11N3O. The lowest BCUT2D eigenvalue weighted by Crippen LogP contribution is -2.19. The van der Waals surface area contributed by atoms with Crippen LogP contribution in [-0.2, 0) is 4.79 Å². The number of amides is 1. The number of hydrogen-bond acceptors (Lipinski definition) is 3. The van der Waals surface area contributed by atoms with Crippen molar-refractivity contribution in [3.8, 4) is 17.9 Å². The summed E-state index contributed by atoms with van der Waals surface area (Å²) in [6, 6.07) is 6.90. The van der Waals surface area contributed by atoms with Gasteiger partial charge in [0.25, 0.3) is 0 Å². The minimum atomic E-state index is -0.131. The third-order valence-electron chi connectivity index (χ3n) is 1.83. The number of carbonyl (C=O) groups is 1. The van der Waals surface area contributed by atoms with Crippen LogP contribution in [-0.4, -0.2) is 12.5 Å². The maximum absolute atomic E-state index is 10.6. The molecular weight excluding hydrogens is 202 g/mol. The summed E-state index contributed by atoms with van der Waals surface area (Å²) in [7, 11) is 0. The Morgan fingerprint density at radius 1 is 1.56 bits per heavy atom. The number of nitrogen functional groups attached to an aromatic ring is 1. The largest absolute Gasteiger partial charge is 0.398 e. The summed E-state index contributed by atoms with van der Waals surface area (Å²) in [5.74, 6) is 5.42. The first kappa shape index (κ1) is 11.6. The summed E-state index contributed by atoms with van der Waals surface area (Å²) in [6.07, 6.45) is 0. The van der Waals surface area contributed by atoms with E-state index in [0.717, 1.165) is 0 Å². The second-order valence-corrected chi connectivity index (χ2v) is 3.13. The quantitative estimate of drug-likeness (QED) is 0.530. The summed E-state index contributed by atoms with van der Waals surface area (Å²) in [5.41, 5.74) is 7.32. The van der Waals surface area contributed by atoms with Gasteiger partial charge in [0.2, 0.25) is 5.91 Å². The van der Waals surface area contributed by atoms with Crippen molar-refractivity contribution in [2.24, 2.45) is 0 Å². The Labute approximate surface area is 94.1 Å². The van der Waals surface area contributed by atoms with E-state index in [1.807, 2.05) is 6.07 Å². The number of carbonyl (C=O) groups excluding carboxylic acids is 1. The van der Waals surface area contributed by atoms with E-state index >= 15 is 0 Å². The molecule has 16 heavy (non-hydrogen) atoms. The SMILES string of the molecule is CC(=O)NCC#Cc1cc(C#N)ccc1N. The molecule has 0 heterocycles. The van der Waals surface area contributed by atoms with Crippen molar-refractivity contribution in [3.63, 3.8) is 0 Å². The number of nitrogens with zero attached hydrogens (tertiary/aromatic N) is 1. The van der Waals surface area contributed by atoms with Crippen molar-refractivity contribution >= 4 is 11.6 Å². The average Bonchev–Trinajstić information content (AvgIpc) is 2.26. The van der Waals surface area contributed by atoms with Gasteiger partial charge in [-0.3, -0.25) is 4.79 Å². The van der Waals surface area contributed by atoms with Gasteiger partial charge in [0.05, 0.1) is 18.2 Å². The van der Waals surface area contributed by atoms with Gasteiger partial charge < -0.3 is 11.1 Å². The minimum absolute atomic E-state index is 0.131. The van der Waals surface area contributed by atoms with E-state index in [9.17, 15) is 4.79 Å². The van der Waals surface area contributed by atoms with E-state index in [1.54, 1.807) is 18.2 Å². The molecule has 1 aromatic carbocycles. The molecule has 4 nitrogen and oxygen atoms in total. The number of rotatable bonds is 1. The van der Waals surface area contributed by atoms with Crippen molar-refractivity contribution in [3.05, 3.63) is 29.3 Å². The van der Waals surface area contributed by atoms with Crippen molar-refractivity contribution in [1.29, 1.82) is 5.26 Å². The van der Waals surface area contributed by atoms with Gasteiger partial charge in [-0.2, -0.15) is 5.26 Å². The Morgan fingerprint density at radius 2 is 2.31 bits per heavy atom. The molecule has 3 N–H and O–H groups in total. The zero-order chi connectivity index (χ0) is 12.0. The van der Waals surface area contributed by atoms with Crippen molar-refractivity contribution < 1.29 is 4.79 Å². The van der Waals surface area contributed by atoms with Gasteiger partial charge in [-0.05, 0) is 18.2 Å². The highest BCUT2D eigenvalue weighted by atomic mass is 16.1. The molecule has 1 rings (SSSR count). The van der Waals surface area contributed by atoms with Crippen LogP contribution >= 0.6 is 0 Å². The molecule has 4 heteroatoms. The van der Waals surface area contributed by atoms with Gasteiger partial charge in [0.1, 0.15) is 0 Å². The molecule has 1 amide bonds. The van der Waals surface area contributed by atoms with Gasteiger partial charge in [-0.1, -0.05) is 11.8 Å². The Balaban J connectivity index is 2.80. The third kappa shape index (κ3) is 3.36. The fraction of sp³-hybridized carbons (Fsp3) is 0.167. The first-order valence-corrected chi connectivity index (χ1v) is 4.66. The fourth-order valence-corrected chi connectivity index (χ4v) is 1.04. The maximum atomic E-state index is 10.6. The Bertz CT molecular complexity index is 503. The molecule has 0 aliphatic heterocycles. The van der Waals surface area contributed by atoms with Crippen LogP contribution in [0.25, 0.3) is 0 Å². The normalized spacial score (nSPS) is 8.50. The molecule has 1 aromatic rings. The standard InChI is InChI=1S/C12H11N3O/c1-9(16)15-6-2-3-11-7-10(8-13)4-5-12(11)14/h4-5,7H,6,14H2,1H3,(H,15,16). The number of hydrogen-bond donors (Lipinski definition) is 2. The van der Waals surface area contributed by atoms with Crippen LogP contribution in [0.3, 0.4) is 0 Å². The molecule has 0 aromatic heterocycles. The van der Waals surface area contributed by atoms with Crippen LogP contribution in [0.15, 0.2) is 18.2 Å². The fourth-order valence-electron chi connectivity index (χ4n) is 1.04. The van der Waals surface area contributed by atoms with E-state index in [-0.39, 0.29) is 12.5 Å². The van der Waals surface area contributed by atoms with E-state index in [0.29, 0.717) is 16.8 Å². The Morgan fingerprint density at radius 3 is 2.94 bits per heavy atom. The van der Waals surface area contributed by atoms with Crippen LogP contribution in [0.1, 0.15) is 18.1 Å². The maximum Gasteiger partial charge on any atom is 0.217 e. The molecule has 0 aliphatic rings. The molecule has 0 bridgehead atoms. The van der Waals surface area contributed by atoms with E-state index < -0.39 is 0 Å². The molecule has 0 spiro atoms. The van der Waals surface area contributed by atoms with Crippen molar-refractivity contribution in [1.82, 2.24) is 5.32 Å². The molecule has 0 aliphatic carbocycles. The summed E-state index contributed by atoms with van der Waals surface area (Å²) in [4.78, 5) is 10.6. The highest BCUT2D eigenvalue weighted by Crippen LogP contribution is 2.11. The van der Waals surface area contributed by atoms with Crippen molar-refractivity contribution in [2.75, 3.05) is 12.3 Å². The zero-order valence-corrected chi connectivity index (χ0v) is 8.87. The summed E-state index contributed by atoms with van der Waals surface area (Å²) in [6.45, 7) is 1.69. The van der Waals surface area contributed by atoms with Crippen LogP contribution < -0.4 is 11.1 Å². The molecule has 0 saturated carbocycles. The highest BCUT2D eigenvalue weighted by Gasteiger charge is 1.97. The van der Waals surface area contributed by atoms with Gasteiger partial charge in [-0.25, -0.2) is 0 Å². The van der Waals surface area contributed by atoms with Crippen LogP contribution in [0.4, 0.5) is 5.69 Å². The zero-order valence-electron chi connectivity index (χ0n) is 8.87. The average molecular weight is 213 g/mol. The molecule has 0 saturated heterocycles. The van der Waals surface area contributed by atoms with E-state index in [1.165, 1.54) is 6.92 Å². The lowest BCUT2D eigenvalue weighted by atomic mass is 10.1. The number of nitrogens with one attached hydrogen (secondary N) is 1. The molecule has 0 fully saturated rings. The van der Waals surface area contributed by atoms with Crippen LogP contribution in [0.2, 0.25) is 0 Å². The van der Waals surface area contributed by atoms with E-state index in [2.05, 4.69) is 17.2 Å². The molecule has 0 atom stereocenters. The summed E-state index contributed by atoms with van der Waals surface area (Å²) >= 11 is 0. The van der Waals surface area contributed by atoms with Gasteiger partial charge in [-0.15, -0.1) is 0 Å². The number of nitriles is 1. The molecule has 0 radical (unpaired) electrons. The lowest BCUT2D eigenvalue weighted by Gasteiger charge is -1.97. The lowest BCUT2D eigenvalue weighted by molar-refractivity contribution is -0.118. The van der Waals surface area contributed by atoms with Gasteiger partial charge in [0, 0.05) is 18.2 Å². The summed E-state index contributed by atoms with van der Waals surface area (Å²) in [5, 5.41) is 11.2.